The summed E-state index contributed by atoms with van der Waals surface area (Å²) in [5, 5.41) is 0.161. The molecule has 7 heteroatoms. The third-order valence-corrected chi connectivity index (χ3v) is 5.59. The first kappa shape index (κ1) is 15.8. The van der Waals surface area contributed by atoms with E-state index in [1.54, 1.807) is 35.2 Å². The van der Waals surface area contributed by atoms with Gasteiger partial charge in [-0.25, -0.2) is 8.42 Å². The molecule has 0 radical (unpaired) electrons. The van der Waals surface area contributed by atoms with Crippen molar-refractivity contribution in [2.45, 2.75) is 18.2 Å². The maximum atomic E-state index is 12.4. The second-order valence-corrected chi connectivity index (χ2v) is 7.25. The number of halogens is 1. The molecule has 23 heavy (non-hydrogen) atoms. The van der Waals surface area contributed by atoms with Crippen LogP contribution in [0.4, 0.5) is 11.4 Å². The quantitative estimate of drug-likeness (QED) is 0.921. The average molecular weight is 351 g/mol. The zero-order valence-corrected chi connectivity index (χ0v) is 14.0. The van der Waals surface area contributed by atoms with Crippen LogP contribution in [0.5, 0.6) is 0 Å². The molecule has 0 fully saturated rings. The lowest BCUT2D eigenvalue weighted by Crippen LogP contribution is -2.25. The summed E-state index contributed by atoms with van der Waals surface area (Å²) in [6.45, 7) is 2.50. The Morgan fingerprint density at radius 3 is 2.65 bits per heavy atom. The van der Waals surface area contributed by atoms with Gasteiger partial charge >= 0.3 is 0 Å². The van der Waals surface area contributed by atoms with Crippen LogP contribution in [0.25, 0.3) is 0 Å². The fourth-order valence-electron chi connectivity index (χ4n) is 2.67. The Hall–Kier alpha value is -2.05. The van der Waals surface area contributed by atoms with Crippen LogP contribution < -0.4 is 9.62 Å². The summed E-state index contributed by atoms with van der Waals surface area (Å²) in [7, 11) is -3.77. The minimum atomic E-state index is -3.77. The highest BCUT2D eigenvalue weighted by atomic mass is 35.5. The first-order chi connectivity index (χ1) is 10.9. The van der Waals surface area contributed by atoms with Crippen LogP contribution in [0, 0.1) is 0 Å². The predicted octanol–water partition coefficient (Wildman–Crippen LogP) is 3.05. The van der Waals surface area contributed by atoms with E-state index in [2.05, 4.69) is 4.72 Å². The maximum absolute atomic E-state index is 12.4. The van der Waals surface area contributed by atoms with Crippen molar-refractivity contribution in [3.63, 3.8) is 0 Å². The van der Waals surface area contributed by atoms with E-state index in [0.717, 1.165) is 11.3 Å². The summed E-state index contributed by atoms with van der Waals surface area (Å²) >= 11 is 5.96. The van der Waals surface area contributed by atoms with Crippen LogP contribution in [-0.4, -0.2) is 20.9 Å². The van der Waals surface area contributed by atoms with Crippen molar-refractivity contribution in [3.8, 4) is 0 Å². The molecule has 1 N–H and O–H groups in total. The molecular formula is C16H15ClN2O3S. The molecule has 1 aliphatic rings. The monoisotopic (exact) mass is 350 g/mol. The summed E-state index contributed by atoms with van der Waals surface area (Å²) in [5.41, 5.74) is 2.06. The fourth-order valence-corrected chi connectivity index (χ4v) is 4.24. The molecule has 3 rings (SSSR count). The number of carbonyl (C=O) groups excluding carboxylic acids is 1. The minimum absolute atomic E-state index is 0.0217. The highest BCUT2D eigenvalue weighted by Crippen LogP contribution is 2.32. The summed E-state index contributed by atoms with van der Waals surface area (Å²) in [4.78, 5) is 13.6. The number of amides is 1. The van der Waals surface area contributed by atoms with Gasteiger partial charge in [-0.3, -0.25) is 9.52 Å². The number of carbonyl (C=O) groups is 1. The largest absolute Gasteiger partial charge is 0.312 e. The summed E-state index contributed by atoms with van der Waals surface area (Å²) in [6, 6.07) is 11.3. The second-order valence-electron chi connectivity index (χ2n) is 5.19. The van der Waals surface area contributed by atoms with Gasteiger partial charge in [-0.05, 0) is 42.8 Å². The predicted molar refractivity (Wildman–Crippen MR) is 90.4 cm³/mol. The number of benzene rings is 2. The van der Waals surface area contributed by atoms with Crippen LogP contribution in [0.3, 0.4) is 0 Å². The summed E-state index contributed by atoms with van der Waals surface area (Å²) in [5.74, 6) is 0.0219. The Morgan fingerprint density at radius 1 is 1.22 bits per heavy atom. The number of anilines is 2. The van der Waals surface area contributed by atoms with Crippen LogP contribution in [0.2, 0.25) is 5.02 Å². The maximum Gasteiger partial charge on any atom is 0.263 e. The smallest absolute Gasteiger partial charge is 0.263 e. The van der Waals surface area contributed by atoms with Gasteiger partial charge in [-0.1, -0.05) is 23.7 Å². The van der Waals surface area contributed by atoms with Crippen molar-refractivity contribution < 1.29 is 13.2 Å². The lowest BCUT2D eigenvalue weighted by atomic mass is 10.1. The van der Waals surface area contributed by atoms with Gasteiger partial charge in [-0.15, -0.1) is 0 Å². The van der Waals surface area contributed by atoms with Gasteiger partial charge in [0.2, 0.25) is 5.91 Å². The van der Waals surface area contributed by atoms with E-state index in [1.807, 2.05) is 6.92 Å². The Bertz CT molecular complexity index is 881. The number of fused-ring (bicyclic) bond motifs is 1. The number of nitrogens with one attached hydrogen (secondary N) is 1. The van der Waals surface area contributed by atoms with E-state index in [0.29, 0.717) is 12.2 Å². The highest BCUT2D eigenvalue weighted by molar-refractivity contribution is 7.92. The van der Waals surface area contributed by atoms with Crippen molar-refractivity contribution in [1.29, 1.82) is 0 Å². The Kier molecular flexibility index (Phi) is 4.04. The number of hydrogen-bond donors (Lipinski definition) is 1. The first-order valence-electron chi connectivity index (χ1n) is 7.13. The molecule has 0 bridgehead atoms. The van der Waals surface area contributed by atoms with E-state index >= 15 is 0 Å². The number of rotatable bonds is 4. The molecule has 1 heterocycles. The molecule has 1 amide bonds. The molecule has 0 aliphatic carbocycles. The van der Waals surface area contributed by atoms with E-state index in [4.69, 9.17) is 11.6 Å². The molecule has 5 nitrogen and oxygen atoms in total. The normalized spacial score (nSPS) is 14.0. The number of likely N-dealkylation sites (N-methyl/N-ethyl adjacent to an activating group) is 1. The molecule has 0 unspecified atom stereocenters. The van der Waals surface area contributed by atoms with E-state index < -0.39 is 10.0 Å². The third kappa shape index (κ3) is 2.92. The van der Waals surface area contributed by atoms with Crippen LogP contribution in [0.1, 0.15) is 12.5 Å². The van der Waals surface area contributed by atoms with Gasteiger partial charge < -0.3 is 4.90 Å². The van der Waals surface area contributed by atoms with Gasteiger partial charge in [0.15, 0.2) is 0 Å². The van der Waals surface area contributed by atoms with Gasteiger partial charge in [0.05, 0.1) is 11.4 Å². The van der Waals surface area contributed by atoms with Gasteiger partial charge in [-0.2, -0.15) is 0 Å². The summed E-state index contributed by atoms with van der Waals surface area (Å²) in [6.07, 6.45) is 0.283. The minimum Gasteiger partial charge on any atom is -0.312 e. The van der Waals surface area contributed by atoms with E-state index in [1.165, 1.54) is 12.1 Å². The van der Waals surface area contributed by atoms with E-state index in [-0.39, 0.29) is 22.2 Å². The van der Waals surface area contributed by atoms with Crippen molar-refractivity contribution >= 4 is 38.9 Å². The highest BCUT2D eigenvalue weighted by Gasteiger charge is 2.26. The van der Waals surface area contributed by atoms with Crippen molar-refractivity contribution in [1.82, 2.24) is 0 Å². The number of nitrogens with zero attached hydrogens (tertiary/aromatic N) is 1. The zero-order chi connectivity index (χ0) is 16.6. The molecule has 0 saturated heterocycles. The molecule has 2 aromatic carbocycles. The zero-order valence-electron chi connectivity index (χ0n) is 12.4. The number of hydrogen-bond acceptors (Lipinski definition) is 3. The summed E-state index contributed by atoms with van der Waals surface area (Å²) < 4.78 is 27.4. The number of sulfonamides is 1. The molecule has 120 valence electrons. The average Bonchev–Trinajstić information content (AvgIpc) is 2.81. The molecule has 1 aliphatic heterocycles. The SMILES string of the molecule is CCN1C(=O)Cc2cc(NS(=O)(=O)c3ccccc3Cl)ccc21. The van der Waals surface area contributed by atoms with Gasteiger partial charge in [0.1, 0.15) is 4.90 Å². The molecule has 0 saturated carbocycles. The lowest BCUT2D eigenvalue weighted by Gasteiger charge is -2.15. The molecular weight excluding hydrogens is 336 g/mol. The van der Waals surface area contributed by atoms with Crippen molar-refractivity contribution in [2.75, 3.05) is 16.2 Å². The molecule has 0 aromatic heterocycles. The standard InChI is InChI=1S/C16H15ClN2O3S/c1-2-19-14-8-7-12(9-11(14)10-16(19)20)18-23(21,22)15-6-4-3-5-13(15)17/h3-9,18H,2,10H2,1H3. The lowest BCUT2D eigenvalue weighted by molar-refractivity contribution is -0.117. The molecule has 0 spiro atoms. The molecule has 2 aromatic rings. The van der Waals surface area contributed by atoms with Crippen LogP contribution in [-0.2, 0) is 21.2 Å². The van der Waals surface area contributed by atoms with Gasteiger partial charge in [0, 0.05) is 17.9 Å². The Balaban J connectivity index is 1.92. The Morgan fingerprint density at radius 2 is 1.96 bits per heavy atom. The fraction of sp³-hybridized carbons (Fsp3) is 0.188. The van der Waals surface area contributed by atoms with E-state index in [9.17, 15) is 13.2 Å². The van der Waals surface area contributed by atoms with Crippen molar-refractivity contribution in [3.05, 3.63) is 53.1 Å². The first-order valence-corrected chi connectivity index (χ1v) is 8.99. The van der Waals surface area contributed by atoms with Crippen LogP contribution in [0.15, 0.2) is 47.4 Å². The van der Waals surface area contributed by atoms with Crippen LogP contribution >= 0.6 is 11.6 Å². The second kappa shape index (κ2) is 5.86. The molecule has 0 atom stereocenters. The van der Waals surface area contributed by atoms with Gasteiger partial charge in [0.25, 0.3) is 10.0 Å². The van der Waals surface area contributed by atoms with Crippen molar-refractivity contribution in [2.24, 2.45) is 0 Å². The topological polar surface area (TPSA) is 66.5 Å². The Labute approximate surface area is 139 Å². The third-order valence-electron chi connectivity index (χ3n) is 3.71.